The Labute approximate surface area is 816 Å². The van der Waals surface area contributed by atoms with E-state index in [0.717, 1.165) is 39.1 Å². The molecule has 9 saturated heterocycles. The molecule has 42 atom stereocenters. The van der Waals surface area contributed by atoms with Gasteiger partial charge in [-0.05, 0) is 165 Å². The van der Waals surface area contributed by atoms with Crippen molar-refractivity contribution in [2.24, 2.45) is 0 Å². The molecule has 9 aliphatic heterocycles. The van der Waals surface area contributed by atoms with Crippen molar-refractivity contribution in [3.63, 3.8) is 0 Å². The van der Waals surface area contributed by atoms with E-state index in [-0.39, 0.29) is 275 Å². The summed E-state index contributed by atoms with van der Waals surface area (Å²) < 4.78 is 200. The number of methoxy groups -OCH3 is 21. The summed E-state index contributed by atoms with van der Waals surface area (Å²) in [6.45, 7) is 52.4. The zero-order valence-corrected chi connectivity index (χ0v) is 92.0. The first-order chi connectivity index (χ1) is 64.4. The minimum atomic E-state index is -0.0684. The molecule has 36 nitrogen and oxygen atoms in total. The van der Waals surface area contributed by atoms with Crippen LogP contribution in [0, 0.1) is 0 Å². The van der Waals surface area contributed by atoms with Gasteiger partial charge in [0.2, 0.25) is 0 Å². The van der Waals surface area contributed by atoms with Crippen LogP contribution in [0.4, 0.5) is 0 Å². The third-order valence-electron chi connectivity index (χ3n) is 26.4. The highest BCUT2D eigenvalue weighted by Gasteiger charge is 2.52. The fourth-order valence-electron chi connectivity index (χ4n) is 20.1. The van der Waals surface area contributed by atoms with Gasteiger partial charge in [-0.2, -0.15) is 0 Å². The van der Waals surface area contributed by atoms with Crippen molar-refractivity contribution in [1.82, 2.24) is 0 Å². The second kappa shape index (κ2) is 72.0. The second-order valence-corrected chi connectivity index (χ2v) is 35.4. The fourth-order valence-corrected chi connectivity index (χ4v) is 20.1. The summed E-state index contributed by atoms with van der Waals surface area (Å²) >= 11 is 0. The maximum absolute atomic E-state index is 5.85. The van der Waals surface area contributed by atoms with E-state index >= 15 is 0 Å². The molecular formula is C99H198O36. The first kappa shape index (κ1) is 132. The highest BCUT2D eigenvalue weighted by atomic mass is 16.7. The van der Waals surface area contributed by atoms with E-state index in [1.807, 2.05) is 145 Å². The van der Waals surface area contributed by atoms with E-state index in [4.69, 9.17) is 171 Å². The average Bonchev–Trinajstić information content (AvgIpc) is 0.800. The van der Waals surface area contributed by atoms with Crippen molar-refractivity contribution in [3.05, 3.63) is 0 Å². The lowest BCUT2D eigenvalue weighted by Gasteiger charge is -2.43. The van der Waals surface area contributed by atoms with Crippen LogP contribution in [-0.2, 0) is 171 Å². The van der Waals surface area contributed by atoms with Gasteiger partial charge >= 0.3 is 0 Å². The summed E-state index contributed by atoms with van der Waals surface area (Å²) in [5.74, 6) is 0. The highest BCUT2D eigenvalue weighted by molar-refractivity contribution is 5.00. The minimum absolute atomic E-state index is 0.0337. The summed E-state index contributed by atoms with van der Waals surface area (Å²) in [5.41, 5.74) is 0. The standard InChI is InChI=1S/3C12H24O4.3C11H22O4.3C10H20O4/c3*1-6-7-15-12-10(13-4)8(2)16-9(3)11(12)14-5;3*1-6-14-11-9(12-4)7(2)15-8(3)10(11)13-5;3*1-6-8(11-3)10(13-5)9(12-4)7(2)14-6/h3*8-12H,6-7H2,1-5H3;3*7-11H,6H2,1-5H3;3*6-10H,1-5H3/t8-,9?,10-,11-,12?;8-,9+,10-,11-,12?;8-,9-,10-,11-;7-,8?,9-,10-,11?;7-,8+,9-,10-,11?;7-,8-,9-,10-;6-,7?,8-,9-,10?;6-,7+,8-,9-,10?;6-,7-,8-,9-/m000000000/s1. The van der Waals surface area contributed by atoms with Crippen molar-refractivity contribution in [1.29, 1.82) is 0 Å². The Morgan fingerprint density at radius 3 is 0.274 bits per heavy atom. The largest absolute Gasteiger partial charge is 0.376 e. The molecule has 0 aliphatic carbocycles. The van der Waals surface area contributed by atoms with Crippen LogP contribution in [0.25, 0.3) is 0 Å². The van der Waals surface area contributed by atoms with Gasteiger partial charge < -0.3 is 171 Å². The molecule has 0 aromatic heterocycles. The molecule has 0 radical (unpaired) electrons. The zero-order chi connectivity index (χ0) is 103. The van der Waals surface area contributed by atoms with Gasteiger partial charge in [-0.25, -0.2) is 0 Å². The Hall–Kier alpha value is -1.44. The van der Waals surface area contributed by atoms with Gasteiger partial charge in [0.1, 0.15) is 165 Å². The maximum atomic E-state index is 5.85. The number of hydrogen-bond donors (Lipinski definition) is 0. The van der Waals surface area contributed by atoms with Gasteiger partial charge in [0.25, 0.3) is 0 Å². The van der Waals surface area contributed by atoms with Crippen LogP contribution in [0.2, 0.25) is 0 Å². The van der Waals surface area contributed by atoms with Gasteiger partial charge in [0, 0.05) is 189 Å². The third-order valence-corrected chi connectivity index (χ3v) is 26.4. The molecule has 9 heterocycles. The molecule has 810 valence electrons. The first-order valence-electron chi connectivity index (χ1n) is 49.0. The molecule has 0 amide bonds. The van der Waals surface area contributed by atoms with Crippen LogP contribution in [-0.4, -0.2) is 464 Å². The molecule has 0 bridgehead atoms. The van der Waals surface area contributed by atoms with Gasteiger partial charge in [0.15, 0.2) is 0 Å². The molecule has 9 aliphatic rings. The Morgan fingerprint density at radius 2 is 0.200 bits per heavy atom. The summed E-state index contributed by atoms with van der Waals surface area (Å²) in [6.07, 6.45) is 1.94. The van der Waals surface area contributed by atoms with Crippen LogP contribution in [0.5, 0.6) is 0 Å². The van der Waals surface area contributed by atoms with Crippen molar-refractivity contribution in [3.8, 4) is 0 Å². The van der Waals surface area contributed by atoms with Crippen molar-refractivity contribution in [2.45, 2.75) is 460 Å². The topological polar surface area (TPSA) is 332 Å². The van der Waals surface area contributed by atoms with Gasteiger partial charge in [0.05, 0.1) is 110 Å². The van der Waals surface area contributed by atoms with Crippen LogP contribution in [0.1, 0.15) is 185 Å². The van der Waals surface area contributed by atoms with Crippen LogP contribution in [0.3, 0.4) is 0 Å². The molecule has 135 heavy (non-hydrogen) atoms. The lowest BCUT2D eigenvalue weighted by atomic mass is 9.96. The van der Waals surface area contributed by atoms with Crippen LogP contribution in [0.15, 0.2) is 0 Å². The Morgan fingerprint density at radius 1 is 0.119 bits per heavy atom. The number of ether oxygens (including phenoxy) is 36. The fraction of sp³-hybridized carbons (Fsp3) is 1.00. The Balaban J connectivity index is 0.000000760. The second-order valence-electron chi connectivity index (χ2n) is 35.4. The van der Waals surface area contributed by atoms with Gasteiger partial charge in [-0.3, -0.25) is 0 Å². The molecule has 0 N–H and O–H groups in total. The molecular weight excluding hydrogens is 1770 g/mol. The predicted octanol–water partition coefficient (Wildman–Crippen LogP) is 11.1. The first-order valence-corrected chi connectivity index (χ1v) is 49.0. The Kier molecular flexibility index (Phi) is 70.1. The quantitative estimate of drug-likeness (QED) is 0.0562. The normalized spacial score (nSPS) is 41.8. The smallest absolute Gasteiger partial charge is 0.115 e. The van der Waals surface area contributed by atoms with Crippen LogP contribution >= 0.6 is 0 Å². The molecule has 0 saturated carbocycles. The van der Waals surface area contributed by atoms with Gasteiger partial charge in [-0.15, -0.1) is 0 Å². The van der Waals surface area contributed by atoms with E-state index < -0.39 is 0 Å². The summed E-state index contributed by atoms with van der Waals surface area (Å²) in [6, 6.07) is 0. The molecule has 0 spiro atoms. The van der Waals surface area contributed by atoms with E-state index in [2.05, 4.69) is 20.8 Å². The Bertz CT molecular complexity index is 2380. The summed E-state index contributed by atoms with van der Waals surface area (Å²) in [5, 5.41) is 0. The van der Waals surface area contributed by atoms with Crippen molar-refractivity contribution >= 4 is 0 Å². The molecule has 0 aromatic rings. The third kappa shape index (κ3) is 38.7. The molecule has 9 rings (SSSR count). The summed E-state index contributed by atoms with van der Waals surface area (Å²) in [7, 11) is 35.2. The number of rotatable bonds is 36. The molecule has 9 fully saturated rings. The zero-order valence-electron chi connectivity index (χ0n) is 92.0. The monoisotopic (exact) mass is 1960 g/mol. The van der Waals surface area contributed by atoms with E-state index in [1.165, 1.54) is 0 Å². The summed E-state index contributed by atoms with van der Waals surface area (Å²) in [4.78, 5) is 0. The van der Waals surface area contributed by atoms with Crippen molar-refractivity contribution in [2.75, 3.05) is 189 Å². The molecule has 36 heteroatoms. The maximum Gasteiger partial charge on any atom is 0.115 e. The number of hydrogen-bond acceptors (Lipinski definition) is 36. The predicted molar refractivity (Wildman–Crippen MR) is 513 cm³/mol. The highest BCUT2D eigenvalue weighted by Crippen LogP contribution is 2.36. The lowest BCUT2D eigenvalue weighted by Crippen LogP contribution is -2.58. The van der Waals surface area contributed by atoms with Crippen molar-refractivity contribution < 1.29 is 171 Å². The average molecular weight is 1960 g/mol. The minimum Gasteiger partial charge on any atom is -0.376 e. The van der Waals surface area contributed by atoms with Gasteiger partial charge in [-0.1, -0.05) is 20.8 Å². The van der Waals surface area contributed by atoms with E-state index in [0.29, 0.717) is 19.8 Å². The van der Waals surface area contributed by atoms with E-state index in [9.17, 15) is 0 Å². The lowest BCUT2D eigenvalue weighted by molar-refractivity contribution is -0.239. The molecule has 0 aromatic carbocycles. The van der Waals surface area contributed by atoms with Crippen LogP contribution < -0.4 is 0 Å². The van der Waals surface area contributed by atoms with E-state index in [1.54, 1.807) is 149 Å². The molecule has 9 unspecified atom stereocenters. The SMILES string of the molecule is CCCOC1[C@@H](OC)C(C)O[C@@H](C)[C@@H]1OC.CCCOC1[C@@H](OC)[C@H](C)O[C@@H](C)[C@@H]1OC.CCCOC1[C@@H](OC)[C@H](C)O[C@H](C)[C@@H]1OC.CCOC1[C@@H](OC)C(C)O[C@@H](C)[C@@H]1OC.CCOC1[C@@H](OC)[C@H](C)O[C@@H](C)[C@@H]1OC.CCOC1[C@@H](OC)[C@H](C)O[C@H](C)[C@@H]1OC.COC1[C@@H](OC)C(C)O[C@@H](C)[C@@H]1OC.COC1[C@@H](OC)[C@H](C)O[C@@H](C)[C@@H]1OC.COC1[C@@H](OC)[C@H](C)O[C@H](C)[C@@H]1OC.